The van der Waals surface area contributed by atoms with Crippen molar-refractivity contribution in [1.82, 2.24) is 0 Å². The van der Waals surface area contributed by atoms with Crippen LogP contribution in [0.3, 0.4) is 0 Å². The summed E-state index contributed by atoms with van der Waals surface area (Å²) in [5.74, 6) is 0. The van der Waals surface area contributed by atoms with Crippen LogP contribution in [-0.2, 0) is 0 Å². The Morgan fingerprint density at radius 2 is 2.06 bits per heavy atom. The van der Waals surface area contributed by atoms with Crippen LogP contribution in [0.5, 0.6) is 0 Å². The van der Waals surface area contributed by atoms with Gasteiger partial charge in [0, 0.05) is 10.2 Å². The highest BCUT2D eigenvalue weighted by Crippen LogP contribution is 2.59. The van der Waals surface area contributed by atoms with Crippen LogP contribution in [0.2, 0.25) is 0 Å². The smallest absolute Gasteiger partial charge is 0.0708 e. The minimum atomic E-state index is -0.332. The van der Waals surface area contributed by atoms with E-state index in [1.165, 1.54) is 5.57 Å². The lowest BCUT2D eigenvalue weighted by Crippen LogP contribution is -2.53. The molecule has 0 radical (unpaired) electrons. The van der Waals surface area contributed by atoms with Crippen LogP contribution >= 0.6 is 15.9 Å². The molecule has 2 rings (SSSR count). The molecular weight excluding hydrogens is 276 g/mol. The SMILES string of the molecule is C=C1C=CC2(CC1)C(=C)C[C@H](O)[C@H](Br)C2(C)C. The number of aliphatic hydroxyl groups is 1. The molecule has 1 spiro atoms. The van der Waals surface area contributed by atoms with Crippen molar-refractivity contribution in [3.63, 3.8) is 0 Å². The van der Waals surface area contributed by atoms with Crippen LogP contribution in [0, 0.1) is 10.8 Å². The Balaban J connectivity index is 2.47. The van der Waals surface area contributed by atoms with Gasteiger partial charge in [-0.1, -0.05) is 66.2 Å². The number of alkyl halides is 1. The van der Waals surface area contributed by atoms with Gasteiger partial charge in [0.1, 0.15) is 0 Å². The monoisotopic (exact) mass is 296 g/mol. The summed E-state index contributed by atoms with van der Waals surface area (Å²) in [5.41, 5.74) is 2.33. The molecule has 0 saturated heterocycles. The molecule has 1 unspecified atom stereocenters. The van der Waals surface area contributed by atoms with Crippen LogP contribution in [0.4, 0.5) is 0 Å². The second-order valence-corrected chi connectivity index (χ2v) is 6.95. The Hall–Kier alpha value is -0.340. The van der Waals surface area contributed by atoms with Gasteiger partial charge in [-0.05, 0) is 24.7 Å². The third-order valence-electron chi connectivity index (χ3n) is 4.71. The maximum Gasteiger partial charge on any atom is 0.0708 e. The normalized spacial score (nSPS) is 40.9. The van der Waals surface area contributed by atoms with E-state index in [0.717, 1.165) is 18.4 Å². The molecule has 2 aliphatic rings. The molecule has 1 nitrogen and oxygen atoms in total. The van der Waals surface area contributed by atoms with Crippen molar-refractivity contribution in [3.05, 3.63) is 36.5 Å². The maximum absolute atomic E-state index is 10.1. The predicted molar refractivity (Wildman–Crippen MR) is 76.2 cm³/mol. The fraction of sp³-hybridized carbons (Fsp3) is 0.600. The molecule has 3 atom stereocenters. The third-order valence-corrected chi connectivity index (χ3v) is 6.46. The van der Waals surface area contributed by atoms with Gasteiger partial charge < -0.3 is 5.11 Å². The van der Waals surface area contributed by atoms with Crippen LogP contribution in [0.1, 0.15) is 33.1 Å². The minimum absolute atomic E-state index is 0.00157. The lowest BCUT2D eigenvalue weighted by molar-refractivity contribution is 0.0288. The predicted octanol–water partition coefficient (Wildman–Crippen LogP) is 3.99. The second kappa shape index (κ2) is 4.10. The molecule has 2 heteroatoms. The van der Waals surface area contributed by atoms with Crippen molar-refractivity contribution < 1.29 is 5.11 Å². The first kappa shape index (κ1) is 13.1. The maximum atomic E-state index is 10.1. The van der Waals surface area contributed by atoms with E-state index in [2.05, 4.69) is 55.1 Å². The quantitative estimate of drug-likeness (QED) is 0.529. The van der Waals surface area contributed by atoms with Crippen LogP contribution < -0.4 is 0 Å². The zero-order valence-electron chi connectivity index (χ0n) is 10.7. The zero-order valence-corrected chi connectivity index (χ0v) is 12.3. The van der Waals surface area contributed by atoms with Crippen LogP contribution in [0.25, 0.3) is 0 Å². The van der Waals surface area contributed by atoms with E-state index in [1.807, 2.05) is 0 Å². The molecular formula is C15H21BrO. The Morgan fingerprint density at radius 3 is 2.59 bits per heavy atom. The van der Waals surface area contributed by atoms with Crippen molar-refractivity contribution in [1.29, 1.82) is 0 Å². The van der Waals surface area contributed by atoms with E-state index in [4.69, 9.17) is 0 Å². The van der Waals surface area contributed by atoms with Gasteiger partial charge in [-0.25, -0.2) is 0 Å². The van der Waals surface area contributed by atoms with Gasteiger partial charge in [0.2, 0.25) is 0 Å². The fourth-order valence-electron chi connectivity index (χ4n) is 3.34. The molecule has 1 fully saturated rings. The van der Waals surface area contributed by atoms with Gasteiger partial charge >= 0.3 is 0 Å². The lowest BCUT2D eigenvalue weighted by atomic mass is 9.52. The van der Waals surface area contributed by atoms with Gasteiger partial charge in [-0.2, -0.15) is 0 Å². The molecule has 17 heavy (non-hydrogen) atoms. The molecule has 2 aliphatic carbocycles. The van der Waals surface area contributed by atoms with Gasteiger partial charge in [0.05, 0.1) is 6.10 Å². The van der Waals surface area contributed by atoms with E-state index in [0.29, 0.717) is 6.42 Å². The Morgan fingerprint density at radius 1 is 1.41 bits per heavy atom. The number of hydrogen-bond acceptors (Lipinski definition) is 1. The summed E-state index contributed by atoms with van der Waals surface area (Å²) in [6.07, 6.45) is 6.84. The van der Waals surface area contributed by atoms with Crippen molar-refractivity contribution in [3.8, 4) is 0 Å². The lowest BCUT2D eigenvalue weighted by Gasteiger charge is -2.55. The summed E-state index contributed by atoms with van der Waals surface area (Å²) in [6, 6.07) is 0. The van der Waals surface area contributed by atoms with Gasteiger partial charge in [0.25, 0.3) is 0 Å². The Labute approximate surface area is 112 Å². The Kier molecular flexibility index (Phi) is 3.16. The molecule has 0 bridgehead atoms. The summed E-state index contributed by atoms with van der Waals surface area (Å²) < 4.78 is 0. The van der Waals surface area contributed by atoms with Crippen LogP contribution in [-0.4, -0.2) is 16.0 Å². The summed E-state index contributed by atoms with van der Waals surface area (Å²) >= 11 is 3.68. The largest absolute Gasteiger partial charge is 0.392 e. The summed E-state index contributed by atoms with van der Waals surface area (Å²) in [6.45, 7) is 12.7. The molecule has 0 aromatic heterocycles. The zero-order chi connectivity index (χ0) is 12.8. The van der Waals surface area contributed by atoms with E-state index in [9.17, 15) is 5.11 Å². The molecule has 0 heterocycles. The highest BCUT2D eigenvalue weighted by molar-refractivity contribution is 9.09. The van der Waals surface area contributed by atoms with Gasteiger partial charge in [-0.15, -0.1) is 0 Å². The molecule has 94 valence electrons. The van der Waals surface area contributed by atoms with Crippen LogP contribution in [0.15, 0.2) is 36.5 Å². The highest BCUT2D eigenvalue weighted by atomic mass is 79.9. The van der Waals surface area contributed by atoms with E-state index < -0.39 is 0 Å². The number of aliphatic hydroxyl groups excluding tert-OH is 1. The second-order valence-electron chi connectivity index (χ2n) is 5.96. The highest BCUT2D eigenvalue weighted by Gasteiger charge is 2.54. The average molecular weight is 297 g/mol. The van der Waals surface area contributed by atoms with Crippen molar-refractivity contribution in [2.24, 2.45) is 10.8 Å². The summed E-state index contributed by atoms with van der Waals surface area (Å²) in [5, 5.41) is 10.1. The van der Waals surface area contributed by atoms with Gasteiger partial charge in [-0.3, -0.25) is 0 Å². The van der Waals surface area contributed by atoms with E-state index in [-0.39, 0.29) is 21.8 Å². The molecule has 1 saturated carbocycles. The first-order chi connectivity index (χ1) is 7.81. The fourth-order valence-corrected chi connectivity index (χ4v) is 3.93. The third kappa shape index (κ3) is 1.77. The Bertz CT molecular complexity index is 394. The standard InChI is InChI=1S/C15H21BrO/c1-10-5-7-15(8-6-10)11(2)9-12(17)13(16)14(15,3)4/h5,7,12-13,17H,1-2,6,8-9H2,3-4H3/t12-,13-,15?/m0/s1. The topological polar surface area (TPSA) is 20.2 Å². The molecule has 0 amide bonds. The van der Waals surface area contributed by atoms with E-state index >= 15 is 0 Å². The van der Waals surface area contributed by atoms with Crippen molar-refractivity contribution in [2.75, 3.05) is 0 Å². The average Bonchev–Trinajstić information content (AvgIpc) is 2.27. The summed E-state index contributed by atoms with van der Waals surface area (Å²) in [4.78, 5) is 0.108. The number of hydrogen-bond donors (Lipinski definition) is 1. The summed E-state index contributed by atoms with van der Waals surface area (Å²) in [7, 11) is 0. The molecule has 0 aliphatic heterocycles. The number of allylic oxidation sites excluding steroid dienone is 3. The first-order valence-electron chi connectivity index (χ1n) is 6.19. The van der Waals surface area contributed by atoms with Crippen molar-refractivity contribution >= 4 is 15.9 Å². The number of halogens is 1. The molecule has 0 aromatic rings. The molecule has 1 N–H and O–H groups in total. The van der Waals surface area contributed by atoms with Crippen molar-refractivity contribution in [2.45, 2.75) is 44.0 Å². The van der Waals surface area contributed by atoms with Gasteiger partial charge in [0.15, 0.2) is 0 Å². The molecule has 0 aromatic carbocycles. The number of rotatable bonds is 0. The van der Waals surface area contributed by atoms with E-state index in [1.54, 1.807) is 0 Å². The first-order valence-corrected chi connectivity index (χ1v) is 7.10. The minimum Gasteiger partial charge on any atom is -0.392 e.